The van der Waals surface area contributed by atoms with E-state index in [0.717, 1.165) is 36.0 Å². The lowest BCUT2D eigenvalue weighted by molar-refractivity contribution is 0.0799. The third kappa shape index (κ3) is 3.58. The van der Waals surface area contributed by atoms with Crippen molar-refractivity contribution in [2.45, 2.75) is 49.1 Å². The van der Waals surface area contributed by atoms with Gasteiger partial charge in [-0.2, -0.15) is 0 Å². The lowest BCUT2D eigenvalue weighted by atomic mass is 9.80. The van der Waals surface area contributed by atoms with E-state index in [1.165, 1.54) is 6.42 Å². The minimum absolute atomic E-state index is 0.183. The fraction of sp³-hybridized carbons (Fsp3) is 0.286. The lowest BCUT2D eigenvalue weighted by Gasteiger charge is -2.35. The van der Waals surface area contributed by atoms with Crippen molar-refractivity contribution in [1.29, 1.82) is 0 Å². The molecule has 158 valence electrons. The smallest absolute Gasteiger partial charge is 0.183 e. The molecule has 3 aromatic rings. The predicted octanol–water partition coefficient (Wildman–Crippen LogP) is 5.58. The van der Waals surface area contributed by atoms with Crippen molar-refractivity contribution in [3.8, 4) is 0 Å². The Labute approximate surface area is 184 Å². The number of hydrogen-bond acceptors (Lipinski definition) is 3. The number of rotatable bonds is 7. The Bertz CT molecular complexity index is 919. The molecule has 3 aromatic carbocycles. The van der Waals surface area contributed by atoms with Crippen molar-refractivity contribution in [3.63, 3.8) is 0 Å². The van der Waals surface area contributed by atoms with Gasteiger partial charge in [-0.1, -0.05) is 104 Å². The van der Waals surface area contributed by atoms with Gasteiger partial charge >= 0.3 is 0 Å². The molecule has 0 spiro atoms. The fourth-order valence-corrected chi connectivity index (χ4v) is 4.99. The van der Waals surface area contributed by atoms with Gasteiger partial charge in [0.05, 0.1) is 12.4 Å². The summed E-state index contributed by atoms with van der Waals surface area (Å²) in [6.45, 7) is 0. The summed E-state index contributed by atoms with van der Waals surface area (Å²) in [4.78, 5) is 0. The Balaban J connectivity index is 1.54. The van der Waals surface area contributed by atoms with Crippen molar-refractivity contribution in [2.24, 2.45) is 0 Å². The van der Waals surface area contributed by atoms with Gasteiger partial charge in [0.25, 0.3) is 0 Å². The van der Waals surface area contributed by atoms with Crippen molar-refractivity contribution in [1.82, 2.24) is 0 Å². The monoisotopic (exact) mass is 412 g/mol. The van der Waals surface area contributed by atoms with Gasteiger partial charge in [0.2, 0.25) is 0 Å². The number of aliphatic hydroxyl groups excluding tert-OH is 1. The van der Waals surface area contributed by atoms with Crippen LogP contribution in [0.5, 0.6) is 0 Å². The van der Waals surface area contributed by atoms with E-state index in [1.54, 1.807) is 12.3 Å². The van der Waals surface area contributed by atoms with Crippen molar-refractivity contribution in [2.75, 3.05) is 0 Å². The highest BCUT2D eigenvalue weighted by Gasteiger charge is 2.61. The molecule has 0 amide bonds. The summed E-state index contributed by atoms with van der Waals surface area (Å²) in [5, 5.41) is 10.9. The number of hydrogen-bond donors (Lipinski definition) is 1. The first kappa shape index (κ1) is 20.0. The molecule has 3 atom stereocenters. The minimum atomic E-state index is -0.825. The summed E-state index contributed by atoms with van der Waals surface area (Å²) in [7, 11) is 0. The molecule has 0 radical (unpaired) electrons. The maximum atomic E-state index is 10.9. The van der Waals surface area contributed by atoms with Gasteiger partial charge in [0, 0.05) is 16.7 Å². The highest BCUT2D eigenvalue weighted by molar-refractivity contribution is 5.47. The second-order valence-electron chi connectivity index (χ2n) is 8.48. The Morgan fingerprint density at radius 3 is 1.84 bits per heavy atom. The van der Waals surface area contributed by atoms with Crippen LogP contribution in [0.2, 0.25) is 0 Å². The first-order valence-electron chi connectivity index (χ1n) is 11.1. The normalized spacial score (nSPS) is 23.8. The Hall–Kier alpha value is -2.88. The molecule has 2 unspecified atom stereocenters. The number of fused-ring (bicyclic) bond motifs is 1. The third-order valence-corrected chi connectivity index (χ3v) is 6.68. The maximum absolute atomic E-state index is 10.9. The molecule has 0 bridgehead atoms. The van der Waals surface area contributed by atoms with E-state index in [9.17, 15) is 5.11 Å². The number of benzene rings is 3. The van der Waals surface area contributed by atoms with E-state index in [2.05, 4.69) is 36.4 Å². The van der Waals surface area contributed by atoms with Crippen LogP contribution in [0.3, 0.4) is 0 Å². The highest BCUT2D eigenvalue weighted by Crippen LogP contribution is 2.50. The molecule has 1 aliphatic heterocycles. The predicted molar refractivity (Wildman–Crippen MR) is 122 cm³/mol. The van der Waals surface area contributed by atoms with E-state index in [-0.39, 0.29) is 6.10 Å². The zero-order valence-electron chi connectivity index (χ0n) is 17.6. The fourth-order valence-electron chi connectivity index (χ4n) is 4.99. The molecular formula is C28H28O3. The first-order chi connectivity index (χ1) is 15.3. The Morgan fingerprint density at radius 2 is 1.35 bits per heavy atom. The molecule has 1 saturated heterocycles. The Kier molecular flexibility index (Phi) is 5.39. The average Bonchev–Trinajstić information content (AvgIpc) is 3.60. The number of epoxide rings is 1. The van der Waals surface area contributed by atoms with Gasteiger partial charge in [-0.05, 0) is 18.9 Å². The quantitative estimate of drug-likeness (QED) is 0.313. The van der Waals surface area contributed by atoms with Crippen molar-refractivity contribution in [3.05, 3.63) is 120 Å². The zero-order valence-corrected chi connectivity index (χ0v) is 17.6. The summed E-state index contributed by atoms with van der Waals surface area (Å²) in [5.74, 6) is 0. The van der Waals surface area contributed by atoms with Crippen LogP contribution in [0, 0.1) is 0 Å². The second-order valence-corrected chi connectivity index (χ2v) is 8.48. The summed E-state index contributed by atoms with van der Waals surface area (Å²) < 4.78 is 12.5. The lowest BCUT2D eigenvalue weighted by Crippen LogP contribution is -2.34. The highest BCUT2D eigenvalue weighted by atomic mass is 16.6. The van der Waals surface area contributed by atoms with Crippen LogP contribution in [-0.2, 0) is 15.1 Å². The standard InChI is InChI=1S/C28H28O3/c29-25(27-20-11-10-18-26(27)31-27)19-21-30-28(22-12-4-1-5-13-22,23-14-6-2-7-15-23)24-16-8-3-9-17-24/h1-9,12-17,19,21,25-26,29H,10-11,18,20H2/b21-19+/t25-,26?,27?/m0/s1. The molecule has 1 saturated carbocycles. The molecule has 31 heavy (non-hydrogen) atoms. The van der Waals surface area contributed by atoms with E-state index in [1.807, 2.05) is 54.6 Å². The molecule has 1 N–H and O–H groups in total. The summed E-state index contributed by atoms with van der Waals surface area (Å²) >= 11 is 0. The topological polar surface area (TPSA) is 42.0 Å². The largest absolute Gasteiger partial charge is 0.481 e. The molecule has 1 heterocycles. The van der Waals surface area contributed by atoms with Gasteiger partial charge in [0.15, 0.2) is 5.60 Å². The van der Waals surface area contributed by atoms with Crippen molar-refractivity contribution >= 4 is 0 Å². The van der Waals surface area contributed by atoms with E-state index in [0.29, 0.717) is 0 Å². The average molecular weight is 413 g/mol. The van der Waals surface area contributed by atoms with Crippen LogP contribution in [0.15, 0.2) is 103 Å². The second kappa shape index (κ2) is 8.33. The molecule has 1 aliphatic carbocycles. The number of aliphatic hydroxyl groups is 1. The summed E-state index contributed by atoms with van der Waals surface area (Å²) in [6, 6.07) is 30.7. The van der Waals surface area contributed by atoms with Gasteiger partial charge < -0.3 is 14.6 Å². The van der Waals surface area contributed by atoms with Gasteiger partial charge in [-0.3, -0.25) is 0 Å². The van der Waals surface area contributed by atoms with Gasteiger partial charge in [-0.25, -0.2) is 0 Å². The van der Waals surface area contributed by atoms with Crippen LogP contribution in [-0.4, -0.2) is 22.9 Å². The Morgan fingerprint density at radius 1 is 0.839 bits per heavy atom. The van der Waals surface area contributed by atoms with Crippen LogP contribution in [0.25, 0.3) is 0 Å². The molecule has 5 rings (SSSR count). The summed E-state index contributed by atoms with van der Waals surface area (Å²) in [6.07, 6.45) is 7.16. The van der Waals surface area contributed by atoms with Gasteiger partial charge in [0.1, 0.15) is 11.7 Å². The van der Waals surface area contributed by atoms with Gasteiger partial charge in [-0.15, -0.1) is 0 Å². The first-order valence-corrected chi connectivity index (χ1v) is 11.1. The molecule has 3 heteroatoms. The van der Waals surface area contributed by atoms with E-state index >= 15 is 0 Å². The molecule has 3 nitrogen and oxygen atoms in total. The molecule has 2 fully saturated rings. The van der Waals surface area contributed by atoms with Crippen LogP contribution < -0.4 is 0 Å². The number of ether oxygens (including phenoxy) is 2. The zero-order chi connectivity index (χ0) is 21.2. The van der Waals surface area contributed by atoms with Crippen LogP contribution >= 0.6 is 0 Å². The van der Waals surface area contributed by atoms with Crippen LogP contribution in [0.4, 0.5) is 0 Å². The van der Waals surface area contributed by atoms with Crippen LogP contribution in [0.1, 0.15) is 42.4 Å². The minimum Gasteiger partial charge on any atom is -0.481 e. The van der Waals surface area contributed by atoms with E-state index < -0.39 is 17.3 Å². The van der Waals surface area contributed by atoms with E-state index in [4.69, 9.17) is 9.47 Å². The SMILES string of the molecule is O[C@@H](/C=C/OC(c1ccccc1)(c1ccccc1)c1ccccc1)C12CCCCC1O2. The molecular weight excluding hydrogens is 384 g/mol. The summed E-state index contributed by atoms with van der Waals surface area (Å²) in [5.41, 5.74) is 1.86. The maximum Gasteiger partial charge on any atom is 0.183 e. The molecule has 0 aromatic heterocycles. The third-order valence-electron chi connectivity index (χ3n) is 6.68. The molecule has 2 aliphatic rings. The van der Waals surface area contributed by atoms with Crippen molar-refractivity contribution < 1.29 is 14.6 Å².